The van der Waals surface area contributed by atoms with Crippen LogP contribution in [0.5, 0.6) is 0 Å². The van der Waals surface area contributed by atoms with Crippen molar-refractivity contribution < 1.29 is 0 Å². The molecule has 2 N–H and O–H groups in total. The molecule has 0 saturated carbocycles. The number of aromatic nitrogens is 1. The summed E-state index contributed by atoms with van der Waals surface area (Å²) in [6.45, 7) is 3.10. The van der Waals surface area contributed by atoms with Crippen molar-refractivity contribution in [3.63, 3.8) is 0 Å². The Hall–Kier alpha value is -0.640. The molecular formula is C13H17ClN2S. The van der Waals surface area contributed by atoms with Gasteiger partial charge in [0.25, 0.3) is 0 Å². The maximum atomic E-state index is 5.96. The lowest BCUT2D eigenvalue weighted by atomic mass is 10.1. The minimum atomic E-state index is 0.530. The Labute approximate surface area is 111 Å². The van der Waals surface area contributed by atoms with Crippen LogP contribution in [0.15, 0.2) is 24.4 Å². The Morgan fingerprint density at radius 1 is 1.47 bits per heavy atom. The molecule has 1 aromatic heterocycles. The molecule has 0 radical (unpaired) electrons. The lowest BCUT2D eigenvalue weighted by Gasteiger charge is -2.11. The van der Waals surface area contributed by atoms with Gasteiger partial charge in [0.1, 0.15) is 0 Å². The summed E-state index contributed by atoms with van der Waals surface area (Å²) in [6, 6.07) is 6.50. The summed E-state index contributed by atoms with van der Waals surface area (Å²) in [5, 5.41) is 5.54. The third-order valence-corrected chi connectivity index (χ3v) is 3.86. The fourth-order valence-electron chi connectivity index (χ4n) is 1.90. The second-order valence-corrected chi connectivity index (χ2v) is 5.59. The Morgan fingerprint density at radius 2 is 2.29 bits per heavy atom. The van der Waals surface area contributed by atoms with Crippen molar-refractivity contribution in [2.75, 3.05) is 12.0 Å². The van der Waals surface area contributed by atoms with E-state index < -0.39 is 0 Å². The number of hydrogen-bond acceptors (Lipinski definition) is 2. The summed E-state index contributed by atoms with van der Waals surface area (Å²) in [5.41, 5.74) is 2.40. The van der Waals surface area contributed by atoms with Crippen LogP contribution in [0.3, 0.4) is 0 Å². The van der Waals surface area contributed by atoms with E-state index in [-0.39, 0.29) is 0 Å². The highest BCUT2D eigenvalue weighted by molar-refractivity contribution is 7.98. The van der Waals surface area contributed by atoms with Crippen LogP contribution in [-0.4, -0.2) is 23.0 Å². The largest absolute Gasteiger partial charge is 0.361 e. The number of H-pyrrole nitrogens is 1. The predicted molar refractivity (Wildman–Crippen MR) is 78.0 cm³/mol. The van der Waals surface area contributed by atoms with Gasteiger partial charge >= 0.3 is 0 Å². The zero-order chi connectivity index (χ0) is 12.3. The van der Waals surface area contributed by atoms with E-state index >= 15 is 0 Å². The maximum Gasteiger partial charge on any atom is 0.0472 e. The average Bonchev–Trinajstić information content (AvgIpc) is 2.69. The fourth-order valence-corrected chi connectivity index (χ4v) is 2.69. The molecule has 1 unspecified atom stereocenters. The summed E-state index contributed by atoms with van der Waals surface area (Å²) < 4.78 is 0. The Balaban J connectivity index is 2.09. The van der Waals surface area contributed by atoms with Gasteiger partial charge in [-0.1, -0.05) is 17.7 Å². The molecule has 0 fully saturated rings. The van der Waals surface area contributed by atoms with Crippen LogP contribution < -0.4 is 5.32 Å². The number of halogens is 1. The normalized spacial score (nSPS) is 13.1. The molecule has 2 nitrogen and oxygen atoms in total. The van der Waals surface area contributed by atoms with Crippen molar-refractivity contribution >= 4 is 34.3 Å². The van der Waals surface area contributed by atoms with Gasteiger partial charge in [0, 0.05) is 40.5 Å². The number of hydrogen-bond donors (Lipinski definition) is 2. The smallest absolute Gasteiger partial charge is 0.0472 e. The Bertz CT molecular complexity index is 495. The molecule has 1 heterocycles. The molecule has 17 heavy (non-hydrogen) atoms. The highest BCUT2D eigenvalue weighted by Gasteiger charge is 2.05. The molecule has 1 atom stereocenters. The van der Waals surface area contributed by atoms with Gasteiger partial charge in [-0.15, -0.1) is 0 Å². The van der Waals surface area contributed by atoms with Gasteiger partial charge in [-0.05, 0) is 30.9 Å². The van der Waals surface area contributed by atoms with Crippen molar-refractivity contribution in [1.29, 1.82) is 0 Å². The molecule has 0 spiro atoms. The first kappa shape index (κ1) is 12.8. The zero-order valence-corrected chi connectivity index (χ0v) is 11.7. The average molecular weight is 269 g/mol. The van der Waals surface area contributed by atoms with Crippen LogP contribution in [-0.2, 0) is 6.54 Å². The lowest BCUT2D eigenvalue weighted by molar-refractivity contribution is 0.598. The summed E-state index contributed by atoms with van der Waals surface area (Å²) in [6.07, 6.45) is 4.19. The highest BCUT2D eigenvalue weighted by atomic mass is 35.5. The SMILES string of the molecule is CSCC(C)NCc1c[nH]c2cc(Cl)ccc12. The van der Waals surface area contributed by atoms with E-state index in [1.54, 1.807) is 0 Å². The Morgan fingerprint density at radius 3 is 3.06 bits per heavy atom. The molecule has 92 valence electrons. The van der Waals surface area contributed by atoms with Crippen molar-refractivity contribution in [1.82, 2.24) is 10.3 Å². The number of nitrogens with one attached hydrogen (secondary N) is 2. The molecular weight excluding hydrogens is 252 g/mol. The third-order valence-electron chi connectivity index (χ3n) is 2.79. The van der Waals surface area contributed by atoms with Crippen LogP contribution >= 0.6 is 23.4 Å². The molecule has 0 aliphatic heterocycles. The van der Waals surface area contributed by atoms with Gasteiger partial charge in [-0.3, -0.25) is 0 Å². The number of rotatable bonds is 5. The number of aromatic amines is 1. The van der Waals surface area contributed by atoms with E-state index in [4.69, 9.17) is 11.6 Å². The van der Waals surface area contributed by atoms with E-state index in [9.17, 15) is 0 Å². The molecule has 2 rings (SSSR count). The maximum absolute atomic E-state index is 5.96. The van der Waals surface area contributed by atoms with Crippen molar-refractivity contribution in [3.05, 3.63) is 35.0 Å². The molecule has 2 aromatic rings. The van der Waals surface area contributed by atoms with Crippen LogP contribution in [0.2, 0.25) is 5.02 Å². The fraction of sp³-hybridized carbons (Fsp3) is 0.385. The van der Waals surface area contributed by atoms with Crippen molar-refractivity contribution in [3.8, 4) is 0 Å². The van der Waals surface area contributed by atoms with Crippen LogP contribution in [0, 0.1) is 0 Å². The Kier molecular flexibility index (Phi) is 4.37. The van der Waals surface area contributed by atoms with Crippen molar-refractivity contribution in [2.24, 2.45) is 0 Å². The van der Waals surface area contributed by atoms with Gasteiger partial charge in [-0.25, -0.2) is 0 Å². The van der Waals surface area contributed by atoms with Gasteiger partial charge in [-0.2, -0.15) is 11.8 Å². The summed E-state index contributed by atoms with van der Waals surface area (Å²) >= 11 is 7.82. The quantitative estimate of drug-likeness (QED) is 0.866. The molecule has 0 bridgehead atoms. The van der Waals surface area contributed by atoms with E-state index in [2.05, 4.69) is 35.7 Å². The monoisotopic (exact) mass is 268 g/mol. The van der Waals surface area contributed by atoms with Crippen LogP contribution in [0.1, 0.15) is 12.5 Å². The van der Waals surface area contributed by atoms with Gasteiger partial charge in [0.2, 0.25) is 0 Å². The first-order valence-electron chi connectivity index (χ1n) is 5.68. The molecule has 1 aromatic carbocycles. The van der Waals surface area contributed by atoms with Gasteiger partial charge in [0.05, 0.1) is 0 Å². The second-order valence-electron chi connectivity index (χ2n) is 4.24. The second kappa shape index (κ2) is 5.80. The first-order chi connectivity index (χ1) is 8.20. The minimum Gasteiger partial charge on any atom is -0.361 e. The zero-order valence-electron chi connectivity index (χ0n) is 10.1. The summed E-state index contributed by atoms with van der Waals surface area (Å²) in [7, 11) is 0. The molecule has 0 amide bonds. The highest BCUT2D eigenvalue weighted by Crippen LogP contribution is 2.21. The summed E-state index contributed by atoms with van der Waals surface area (Å²) in [5.74, 6) is 1.13. The third kappa shape index (κ3) is 3.18. The van der Waals surface area contributed by atoms with Gasteiger partial charge < -0.3 is 10.3 Å². The summed E-state index contributed by atoms with van der Waals surface area (Å²) in [4.78, 5) is 3.26. The van der Waals surface area contributed by atoms with E-state index in [0.717, 1.165) is 22.8 Å². The van der Waals surface area contributed by atoms with E-state index in [0.29, 0.717) is 6.04 Å². The molecule has 0 aliphatic rings. The van der Waals surface area contributed by atoms with E-state index in [1.807, 2.05) is 23.9 Å². The number of fused-ring (bicyclic) bond motifs is 1. The van der Waals surface area contributed by atoms with Gasteiger partial charge in [0.15, 0.2) is 0 Å². The molecule has 4 heteroatoms. The van der Waals surface area contributed by atoms with Crippen LogP contribution in [0.4, 0.5) is 0 Å². The standard InChI is InChI=1S/C13H17ClN2S/c1-9(8-17-2)15-6-10-7-16-13-5-11(14)3-4-12(10)13/h3-5,7,9,15-16H,6,8H2,1-2H3. The predicted octanol–water partition coefficient (Wildman–Crippen LogP) is 3.66. The minimum absolute atomic E-state index is 0.530. The first-order valence-corrected chi connectivity index (χ1v) is 7.45. The number of benzene rings is 1. The van der Waals surface area contributed by atoms with Crippen LogP contribution in [0.25, 0.3) is 10.9 Å². The molecule has 0 aliphatic carbocycles. The topological polar surface area (TPSA) is 27.8 Å². The molecule has 0 saturated heterocycles. The lowest BCUT2D eigenvalue weighted by Crippen LogP contribution is -2.27. The number of thioether (sulfide) groups is 1. The van der Waals surface area contributed by atoms with Crippen molar-refractivity contribution in [2.45, 2.75) is 19.5 Å². The van der Waals surface area contributed by atoms with E-state index in [1.165, 1.54) is 10.9 Å².